The molecule has 6 heteroatoms. The molecule has 0 radical (unpaired) electrons. The highest BCUT2D eigenvalue weighted by Gasteiger charge is 2.25. The molecule has 2 heterocycles. The Kier molecular flexibility index (Phi) is 4.34. The van der Waals surface area contributed by atoms with E-state index in [0.717, 1.165) is 26.2 Å². The van der Waals surface area contributed by atoms with Crippen LogP contribution in [0.25, 0.3) is 0 Å². The molecule has 1 aromatic carbocycles. The van der Waals surface area contributed by atoms with Crippen LogP contribution in [0.3, 0.4) is 0 Å². The standard InChI is InChI=1S/C17H19FN2O3/c1-12(15-6-7-16(23-15)17(21)22)19-8-10-20(11-9-19)14-5-3-2-4-13(14)18/h2-7,12H,8-11H2,1H3,(H,21,22). The molecule has 1 aromatic heterocycles. The number of carboxylic acid groups (broad SMARTS) is 1. The average Bonchev–Trinajstić information content (AvgIpc) is 3.05. The van der Waals surface area contributed by atoms with Crippen molar-refractivity contribution in [3.8, 4) is 0 Å². The number of para-hydroxylation sites is 1. The number of carboxylic acids is 1. The van der Waals surface area contributed by atoms with E-state index in [-0.39, 0.29) is 17.6 Å². The minimum Gasteiger partial charge on any atom is -0.475 e. The number of halogens is 1. The van der Waals surface area contributed by atoms with Crippen LogP contribution in [-0.2, 0) is 0 Å². The van der Waals surface area contributed by atoms with Crippen molar-refractivity contribution >= 4 is 11.7 Å². The number of hydrogen-bond donors (Lipinski definition) is 1. The largest absolute Gasteiger partial charge is 0.475 e. The molecule has 1 fully saturated rings. The Morgan fingerprint density at radius 1 is 1.17 bits per heavy atom. The third-order valence-electron chi connectivity index (χ3n) is 4.30. The number of carbonyl (C=O) groups is 1. The Balaban J connectivity index is 1.64. The summed E-state index contributed by atoms with van der Waals surface area (Å²) in [4.78, 5) is 15.1. The van der Waals surface area contributed by atoms with Crippen LogP contribution >= 0.6 is 0 Å². The Morgan fingerprint density at radius 3 is 2.48 bits per heavy atom. The highest BCUT2D eigenvalue weighted by molar-refractivity contribution is 5.84. The first-order valence-electron chi connectivity index (χ1n) is 7.63. The number of nitrogens with zero attached hydrogens (tertiary/aromatic N) is 2. The quantitative estimate of drug-likeness (QED) is 0.939. The molecule has 0 aliphatic carbocycles. The average molecular weight is 318 g/mol. The van der Waals surface area contributed by atoms with Gasteiger partial charge in [0, 0.05) is 26.2 Å². The predicted molar refractivity (Wildman–Crippen MR) is 84.3 cm³/mol. The number of rotatable bonds is 4. The molecular weight excluding hydrogens is 299 g/mol. The van der Waals surface area contributed by atoms with Crippen LogP contribution in [0.15, 0.2) is 40.8 Å². The van der Waals surface area contributed by atoms with Crippen molar-refractivity contribution in [3.63, 3.8) is 0 Å². The summed E-state index contributed by atoms with van der Waals surface area (Å²) in [5.74, 6) is -0.669. The lowest BCUT2D eigenvalue weighted by molar-refractivity contribution is 0.0655. The Bertz CT molecular complexity index is 693. The smallest absolute Gasteiger partial charge is 0.371 e. The highest BCUT2D eigenvalue weighted by Crippen LogP contribution is 2.26. The first-order valence-corrected chi connectivity index (χ1v) is 7.63. The molecule has 1 aliphatic heterocycles. The summed E-state index contributed by atoms with van der Waals surface area (Å²) in [6, 6.07) is 9.96. The molecule has 1 aliphatic rings. The first kappa shape index (κ1) is 15.6. The van der Waals surface area contributed by atoms with Crippen molar-refractivity contribution < 1.29 is 18.7 Å². The van der Waals surface area contributed by atoms with Crippen molar-refractivity contribution in [2.45, 2.75) is 13.0 Å². The van der Waals surface area contributed by atoms with E-state index >= 15 is 0 Å². The number of benzene rings is 1. The molecular formula is C17H19FN2O3. The van der Waals surface area contributed by atoms with E-state index < -0.39 is 5.97 Å². The fourth-order valence-electron chi connectivity index (χ4n) is 2.93. The van der Waals surface area contributed by atoms with Gasteiger partial charge in [-0.2, -0.15) is 0 Å². The molecule has 23 heavy (non-hydrogen) atoms. The maximum absolute atomic E-state index is 13.8. The van der Waals surface area contributed by atoms with Crippen LogP contribution in [0.5, 0.6) is 0 Å². The van der Waals surface area contributed by atoms with Crippen LogP contribution < -0.4 is 4.90 Å². The van der Waals surface area contributed by atoms with Crippen LogP contribution in [0, 0.1) is 5.82 Å². The second-order valence-corrected chi connectivity index (χ2v) is 5.66. The molecule has 0 saturated carbocycles. The van der Waals surface area contributed by atoms with Gasteiger partial charge in [-0.3, -0.25) is 4.90 Å². The lowest BCUT2D eigenvalue weighted by Crippen LogP contribution is -2.47. The highest BCUT2D eigenvalue weighted by atomic mass is 19.1. The predicted octanol–water partition coefficient (Wildman–Crippen LogP) is 3.00. The molecule has 2 aromatic rings. The van der Waals surface area contributed by atoms with Gasteiger partial charge in [0.15, 0.2) is 0 Å². The van der Waals surface area contributed by atoms with Gasteiger partial charge in [-0.25, -0.2) is 9.18 Å². The van der Waals surface area contributed by atoms with Crippen molar-refractivity contribution in [2.75, 3.05) is 31.1 Å². The van der Waals surface area contributed by atoms with Crippen molar-refractivity contribution in [1.82, 2.24) is 4.90 Å². The fourth-order valence-corrected chi connectivity index (χ4v) is 2.93. The number of hydrogen-bond acceptors (Lipinski definition) is 4. The van der Waals surface area contributed by atoms with Gasteiger partial charge in [-0.1, -0.05) is 12.1 Å². The summed E-state index contributed by atoms with van der Waals surface area (Å²) in [7, 11) is 0. The van der Waals surface area contributed by atoms with E-state index in [4.69, 9.17) is 9.52 Å². The normalized spacial score (nSPS) is 17.2. The van der Waals surface area contributed by atoms with Gasteiger partial charge >= 0.3 is 5.97 Å². The van der Waals surface area contributed by atoms with Gasteiger partial charge in [0.25, 0.3) is 0 Å². The van der Waals surface area contributed by atoms with Gasteiger partial charge in [0.2, 0.25) is 5.76 Å². The molecule has 0 amide bonds. The Morgan fingerprint density at radius 2 is 1.87 bits per heavy atom. The molecule has 1 unspecified atom stereocenters. The summed E-state index contributed by atoms with van der Waals surface area (Å²) >= 11 is 0. The van der Waals surface area contributed by atoms with Gasteiger partial charge in [0.1, 0.15) is 11.6 Å². The zero-order valence-electron chi connectivity index (χ0n) is 12.9. The molecule has 3 rings (SSSR count). The number of aromatic carboxylic acids is 1. The maximum atomic E-state index is 13.8. The van der Waals surface area contributed by atoms with Crippen LogP contribution in [0.2, 0.25) is 0 Å². The van der Waals surface area contributed by atoms with E-state index in [0.29, 0.717) is 11.4 Å². The van der Waals surface area contributed by atoms with Gasteiger partial charge < -0.3 is 14.4 Å². The molecule has 1 saturated heterocycles. The van der Waals surface area contributed by atoms with Crippen LogP contribution in [0.4, 0.5) is 10.1 Å². The van der Waals surface area contributed by atoms with Crippen LogP contribution in [0.1, 0.15) is 29.3 Å². The summed E-state index contributed by atoms with van der Waals surface area (Å²) in [6.45, 7) is 4.95. The minimum atomic E-state index is -1.06. The van der Waals surface area contributed by atoms with E-state index in [1.54, 1.807) is 18.2 Å². The lowest BCUT2D eigenvalue weighted by Gasteiger charge is -2.38. The summed E-state index contributed by atoms with van der Waals surface area (Å²) in [6.07, 6.45) is 0. The lowest BCUT2D eigenvalue weighted by atomic mass is 10.1. The summed E-state index contributed by atoms with van der Waals surface area (Å²) in [5, 5.41) is 8.93. The first-order chi connectivity index (χ1) is 11.1. The van der Waals surface area contributed by atoms with Crippen molar-refractivity contribution in [3.05, 3.63) is 53.7 Å². The van der Waals surface area contributed by atoms with Gasteiger partial charge in [-0.15, -0.1) is 0 Å². The third-order valence-corrected chi connectivity index (χ3v) is 4.30. The Hall–Kier alpha value is -2.34. The molecule has 1 atom stereocenters. The Labute approximate surface area is 133 Å². The monoisotopic (exact) mass is 318 g/mol. The topological polar surface area (TPSA) is 56.9 Å². The molecule has 0 bridgehead atoms. The van der Waals surface area contributed by atoms with Gasteiger partial charge in [-0.05, 0) is 31.2 Å². The van der Waals surface area contributed by atoms with E-state index in [1.807, 2.05) is 17.9 Å². The third kappa shape index (κ3) is 3.22. The summed E-state index contributed by atoms with van der Waals surface area (Å²) in [5.41, 5.74) is 0.631. The number of anilines is 1. The number of furan rings is 1. The fraction of sp³-hybridized carbons (Fsp3) is 0.353. The van der Waals surface area contributed by atoms with Crippen LogP contribution in [-0.4, -0.2) is 42.2 Å². The van der Waals surface area contributed by atoms with E-state index in [1.165, 1.54) is 12.1 Å². The second-order valence-electron chi connectivity index (χ2n) is 5.66. The summed E-state index contributed by atoms with van der Waals surface area (Å²) < 4.78 is 19.2. The van der Waals surface area contributed by atoms with Gasteiger partial charge in [0.05, 0.1) is 11.7 Å². The molecule has 1 N–H and O–H groups in total. The maximum Gasteiger partial charge on any atom is 0.371 e. The minimum absolute atomic E-state index is 0.00845. The zero-order chi connectivity index (χ0) is 16.4. The molecule has 122 valence electrons. The SMILES string of the molecule is CC(c1ccc(C(=O)O)o1)N1CCN(c2ccccc2F)CC1. The van der Waals surface area contributed by atoms with E-state index in [2.05, 4.69) is 4.90 Å². The molecule has 0 spiro atoms. The number of piperazine rings is 1. The molecule has 5 nitrogen and oxygen atoms in total. The van der Waals surface area contributed by atoms with Crippen molar-refractivity contribution in [2.24, 2.45) is 0 Å². The van der Waals surface area contributed by atoms with Crippen molar-refractivity contribution in [1.29, 1.82) is 0 Å². The van der Waals surface area contributed by atoms with E-state index in [9.17, 15) is 9.18 Å². The second kappa shape index (κ2) is 6.42. The zero-order valence-corrected chi connectivity index (χ0v) is 12.9.